The van der Waals surface area contributed by atoms with Gasteiger partial charge < -0.3 is 15.2 Å². The molecular formula is C20H25N3O5S. The van der Waals surface area contributed by atoms with Gasteiger partial charge in [-0.05, 0) is 56.5 Å². The molecular weight excluding hydrogens is 394 g/mol. The third-order valence-electron chi connectivity index (χ3n) is 4.71. The minimum absolute atomic E-state index is 0.104. The highest BCUT2D eigenvalue weighted by Gasteiger charge is 2.31. The topological polar surface area (TPSA) is 112 Å². The van der Waals surface area contributed by atoms with Gasteiger partial charge in [-0.2, -0.15) is 4.31 Å². The van der Waals surface area contributed by atoms with Crippen LogP contribution in [0.1, 0.15) is 35.8 Å². The maximum atomic E-state index is 13.1. The minimum atomic E-state index is -3.65. The first-order chi connectivity index (χ1) is 13.8. The van der Waals surface area contributed by atoms with Crippen molar-refractivity contribution < 1.29 is 22.7 Å². The van der Waals surface area contributed by atoms with Gasteiger partial charge in [0, 0.05) is 18.8 Å². The van der Waals surface area contributed by atoms with Crippen LogP contribution in [0.15, 0.2) is 41.4 Å². The number of amides is 1. The van der Waals surface area contributed by atoms with Crippen LogP contribution in [0.4, 0.5) is 0 Å². The van der Waals surface area contributed by atoms with Crippen molar-refractivity contribution in [2.24, 2.45) is 5.73 Å². The van der Waals surface area contributed by atoms with Crippen LogP contribution in [0.5, 0.6) is 11.5 Å². The number of carbonyl (C=O) groups excluding carboxylic acids is 1. The van der Waals surface area contributed by atoms with Crippen molar-refractivity contribution in [1.29, 1.82) is 0 Å². The lowest BCUT2D eigenvalue weighted by Crippen LogP contribution is -2.44. The van der Waals surface area contributed by atoms with Gasteiger partial charge in [0.1, 0.15) is 23.3 Å². The van der Waals surface area contributed by atoms with E-state index in [1.165, 1.54) is 16.6 Å². The normalized spacial score (nSPS) is 17.7. The van der Waals surface area contributed by atoms with Crippen LogP contribution in [0, 0.1) is 6.92 Å². The molecule has 2 aromatic rings. The van der Waals surface area contributed by atoms with E-state index in [4.69, 9.17) is 15.2 Å². The second-order valence-electron chi connectivity index (χ2n) is 6.85. The zero-order valence-electron chi connectivity index (χ0n) is 16.5. The number of aryl methyl sites for hydroxylation is 1. The van der Waals surface area contributed by atoms with Gasteiger partial charge in [0.2, 0.25) is 10.0 Å². The quantitative estimate of drug-likeness (QED) is 0.736. The summed E-state index contributed by atoms with van der Waals surface area (Å²) in [5.74, 6) is 0.471. The highest BCUT2D eigenvalue weighted by molar-refractivity contribution is 7.89. The zero-order valence-corrected chi connectivity index (χ0v) is 17.3. The lowest BCUT2D eigenvalue weighted by Gasteiger charge is -2.32. The summed E-state index contributed by atoms with van der Waals surface area (Å²) in [7, 11) is -3.65. The molecule has 1 fully saturated rings. The Bertz CT molecular complexity index is 993. The molecule has 9 heteroatoms. The van der Waals surface area contributed by atoms with Crippen molar-refractivity contribution in [3.05, 3.63) is 47.8 Å². The number of sulfonamides is 1. The fourth-order valence-electron chi connectivity index (χ4n) is 3.28. The minimum Gasteiger partial charge on any atom is -0.494 e. The van der Waals surface area contributed by atoms with Gasteiger partial charge in [-0.15, -0.1) is 0 Å². The molecule has 8 nitrogen and oxygen atoms in total. The molecule has 1 atom stereocenters. The average molecular weight is 420 g/mol. The molecule has 29 heavy (non-hydrogen) atoms. The smallest absolute Gasteiger partial charge is 0.267 e. The highest BCUT2D eigenvalue weighted by Crippen LogP contribution is 2.27. The number of benzene rings is 1. The van der Waals surface area contributed by atoms with Crippen molar-refractivity contribution in [3.8, 4) is 11.5 Å². The van der Waals surface area contributed by atoms with Gasteiger partial charge in [-0.3, -0.25) is 9.78 Å². The predicted octanol–water partition coefficient (Wildman–Crippen LogP) is 2.12. The Morgan fingerprint density at radius 1 is 1.31 bits per heavy atom. The molecule has 1 aromatic carbocycles. The van der Waals surface area contributed by atoms with Crippen molar-refractivity contribution in [2.45, 2.75) is 37.7 Å². The van der Waals surface area contributed by atoms with Crippen molar-refractivity contribution in [3.63, 3.8) is 0 Å². The van der Waals surface area contributed by atoms with E-state index < -0.39 is 15.9 Å². The molecule has 1 unspecified atom stereocenters. The van der Waals surface area contributed by atoms with Crippen LogP contribution in [0.2, 0.25) is 0 Å². The number of pyridine rings is 1. The average Bonchev–Trinajstić information content (AvgIpc) is 2.70. The largest absolute Gasteiger partial charge is 0.494 e. The molecule has 0 radical (unpaired) electrons. The number of nitrogens with two attached hydrogens (primary N) is 1. The molecule has 1 aliphatic heterocycles. The van der Waals surface area contributed by atoms with E-state index in [9.17, 15) is 13.2 Å². The van der Waals surface area contributed by atoms with Gasteiger partial charge in [0.15, 0.2) is 0 Å². The van der Waals surface area contributed by atoms with Crippen molar-refractivity contribution in [1.82, 2.24) is 9.29 Å². The third kappa shape index (κ3) is 4.86. The van der Waals surface area contributed by atoms with Crippen LogP contribution < -0.4 is 15.2 Å². The number of rotatable bonds is 7. The van der Waals surface area contributed by atoms with E-state index >= 15 is 0 Å². The van der Waals surface area contributed by atoms with E-state index in [1.807, 2.05) is 13.8 Å². The molecule has 0 saturated carbocycles. The first-order valence-corrected chi connectivity index (χ1v) is 10.9. The van der Waals surface area contributed by atoms with Crippen molar-refractivity contribution >= 4 is 15.9 Å². The third-order valence-corrected chi connectivity index (χ3v) is 6.57. The van der Waals surface area contributed by atoms with Crippen molar-refractivity contribution in [2.75, 3.05) is 19.7 Å². The van der Waals surface area contributed by atoms with Gasteiger partial charge >= 0.3 is 0 Å². The summed E-state index contributed by atoms with van der Waals surface area (Å²) >= 11 is 0. The van der Waals surface area contributed by atoms with Crippen LogP contribution in [-0.2, 0) is 10.0 Å². The van der Waals surface area contributed by atoms with Gasteiger partial charge in [-0.25, -0.2) is 8.42 Å². The fourth-order valence-corrected chi connectivity index (χ4v) is 4.88. The van der Waals surface area contributed by atoms with Crippen LogP contribution >= 0.6 is 0 Å². The summed E-state index contributed by atoms with van der Waals surface area (Å²) < 4.78 is 39.1. The Balaban J connectivity index is 1.75. The molecule has 0 aliphatic carbocycles. The Morgan fingerprint density at radius 3 is 2.79 bits per heavy atom. The summed E-state index contributed by atoms with van der Waals surface area (Å²) in [6, 6.07) is 7.97. The van der Waals surface area contributed by atoms with Gasteiger partial charge in [0.05, 0.1) is 18.0 Å². The van der Waals surface area contributed by atoms with E-state index in [0.717, 1.165) is 5.56 Å². The number of piperidine rings is 1. The predicted molar refractivity (Wildman–Crippen MR) is 108 cm³/mol. The fraction of sp³-hybridized carbons (Fsp3) is 0.400. The van der Waals surface area contributed by atoms with Gasteiger partial charge in [-0.1, -0.05) is 0 Å². The second-order valence-corrected chi connectivity index (χ2v) is 8.78. The van der Waals surface area contributed by atoms with Crippen LogP contribution in [-0.4, -0.2) is 49.4 Å². The molecule has 3 rings (SSSR count). The Morgan fingerprint density at radius 2 is 2.10 bits per heavy atom. The second kappa shape index (κ2) is 8.79. The number of hydrogen-bond donors (Lipinski definition) is 1. The number of carbonyl (C=O) groups is 1. The van der Waals surface area contributed by atoms with Crippen LogP contribution in [0.3, 0.4) is 0 Å². The Labute approximate surface area is 170 Å². The number of nitrogens with zero attached hydrogens (tertiary/aromatic N) is 2. The van der Waals surface area contributed by atoms with E-state index in [2.05, 4.69) is 4.98 Å². The first kappa shape index (κ1) is 21.1. The maximum Gasteiger partial charge on any atom is 0.267 e. The molecule has 0 bridgehead atoms. The maximum absolute atomic E-state index is 13.1. The zero-order chi connectivity index (χ0) is 21.0. The molecule has 156 valence electrons. The summed E-state index contributed by atoms with van der Waals surface area (Å²) in [6.45, 7) is 4.88. The summed E-state index contributed by atoms with van der Waals surface area (Å²) in [4.78, 5) is 15.4. The summed E-state index contributed by atoms with van der Waals surface area (Å²) in [6.07, 6.45) is 2.50. The molecule has 1 amide bonds. The molecule has 1 saturated heterocycles. The standard InChI is InChI=1S/C20H25N3O5S/c1-3-27-19-7-6-17(11-14(19)2)29(25,26)23-10-4-5-16(13-23)28-15-8-9-22-18(12-15)20(21)24/h6-9,11-12,16H,3-5,10,13H2,1-2H3,(H2,21,24). The van der Waals surface area contributed by atoms with E-state index in [-0.39, 0.29) is 23.2 Å². The summed E-state index contributed by atoms with van der Waals surface area (Å²) in [5.41, 5.74) is 6.12. The number of primary amides is 1. The monoisotopic (exact) mass is 419 g/mol. The highest BCUT2D eigenvalue weighted by atomic mass is 32.2. The molecule has 2 N–H and O–H groups in total. The van der Waals surface area contributed by atoms with E-state index in [1.54, 1.807) is 24.3 Å². The first-order valence-electron chi connectivity index (χ1n) is 9.47. The number of hydrogen-bond acceptors (Lipinski definition) is 6. The van der Waals surface area contributed by atoms with Gasteiger partial charge in [0.25, 0.3) is 5.91 Å². The Kier molecular flexibility index (Phi) is 6.39. The molecule has 2 heterocycles. The summed E-state index contributed by atoms with van der Waals surface area (Å²) in [5, 5.41) is 0. The SMILES string of the molecule is CCOc1ccc(S(=O)(=O)N2CCCC(Oc3ccnc(C(N)=O)c3)C2)cc1C. The molecule has 1 aliphatic rings. The van der Waals surface area contributed by atoms with Crippen LogP contribution in [0.25, 0.3) is 0 Å². The van der Waals surface area contributed by atoms with E-state index in [0.29, 0.717) is 37.5 Å². The molecule has 0 spiro atoms. The number of aromatic nitrogens is 1. The lowest BCUT2D eigenvalue weighted by atomic mass is 10.1. The Hall–Kier alpha value is -2.65. The molecule has 1 aromatic heterocycles. The number of ether oxygens (including phenoxy) is 2. The lowest BCUT2D eigenvalue weighted by molar-refractivity contribution is 0.0993.